The highest BCUT2D eigenvalue weighted by atomic mass is 127. The van der Waals surface area contributed by atoms with Crippen molar-refractivity contribution < 1.29 is 13.9 Å². The van der Waals surface area contributed by atoms with Gasteiger partial charge in [-0.1, -0.05) is 33.8 Å². The normalized spacial score (nSPS) is 12.6. The maximum atomic E-state index is 13.2. The molecule has 1 amide bonds. The van der Waals surface area contributed by atoms with E-state index in [0.29, 0.717) is 31.3 Å². The topological polar surface area (TPSA) is 74.8 Å². The monoisotopic (exact) mass is 494 g/mol. The summed E-state index contributed by atoms with van der Waals surface area (Å²) in [5.41, 5.74) is -0.400. The number of nitrogens with zero attached hydrogens (tertiary/aromatic N) is 1. The predicted molar refractivity (Wildman–Crippen MR) is 118 cm³/mol. The zero-order chi connectivity index (χ0) is 19.6. The smallest absolute Gasteiger partial charge is 0.225 e. The molecule has 3 N–H and O–H groups in total. The van der Waals surface area contributed by atoms with Gasteiger partial charge in [-0.3, -0.25) is 9.79 Å². The van der Waals surface area contributed by atoms with Gasteiger partial charge in [0.15, 0.2) is 5.96 Å². The van der Waals surface area contributed by atoms with Gasteiger partial charge >= 0.3 is 0 Å². The van der Waals surface area contributed by atoms with E-state index in [1.165, 1.54) is 12.1 Å². The van der Waals surface area contributed by atoms with E-state index in [2.05, 4.69) is 20.9 Å². The maximum absolute atomic E-state index is 13.2. The number of halogens is 2. The van der Waals surface area contributed by atoms with Gasteiger partial charge in [-0.2, -0.15) is 0 Å². The standard InChI is InChI=1S/C19H31FN4O2.HI/c1-6-15(26-16-9-7-8-14(20)12-16)13-24-18(21-5)23-11-10-22-17(25)19(2,3)4;/h7-9,12,15H,6,10-11,13H2,1-5H3,(H,22,25)(H2,21,23,24);1H. The molecule has 8 heteroatoms. The van der Waals surface area contributed by atoms with Crippen molar-refractivity contribution in [3.8, 4) is 5.75 Å². The van der Waals surface area contributed by atoms with Crippen LogP contribution in [0.2, 0.25) is 0 Å². The molecule has 0 saturated heterocycles. The van der Waals surface area contributed by atoms with Crippen LogP contribution in [0.15, 0.2) is 29.3 Å². The van der Waals surface area contributed by atoms with Crippen molar-refractivity contribution in [1.82, 2.24) is 16.0 Å². The van der Waals surface area contributed by atoms with Gasteiger partial charge in [-0.25, -0.2) is 4.39 Å². The molecule has 1 aromatic carbocycles. The van der Waals surface area contributed by atoms with E-state index in [1.54, 1.807) is 19.2 Å². The highest BCUT2D eigenvalue weighted by molar-refractivity contribution is 14.0. The van der Waals surface area contributed by atoms with Crippen LogP contribution in [-0.2, 0) is 4.79 Å². The van der Waals surface area contributed by atoms with Crippen LogP contribution < -0.4 is 20.7 Å². The number of benzene rings is 1. The van der Waals surface area contributed by atoms with E-state index in [4.69, 9.17) is 4.74 Å². The van der Waals surface area contributed by atoms with Crippen LogP contribution in [0, 0.1) is 11.2 Å². The minimum atomic E-state index is -0.400. The molecule has 0 spiro atoms. The number of aliphatic imine (C=N–C) groups is 1. The van der Waals surface area contributed by atoms with E-state index < -0.39 is 5.41 Å². The molecular weight excluding hydrogens is 462 g/mol. The largest absolute Gasteiger partial charge is 0.489 e. The lowest BCUT2D eigenvalue weighted by Gasteiger charge is -2.20. The number of carbonyl (C=O) groups is 1. The van der Waals surface area contributed by atoms with Crippen molar-refractivity contribution in [3.63, 3.8) is 0 Å². The van der Waals surface area contributed by atoms with Gasteiger partial charge < -0.3 is 20.7 Å². The van der Waals surface area contributed by atoms with Crippen LogP contribution in [-0.4, -0.2) is 44.7 Å². The number of hydrogen-bond donors (Lipinski definition) is 3. The summed E-state index contributed by atoms with van der Waals surface area (Å²) in [6.45, 7) is 9.22. The van der Waals surface area contributed by atoms with Crippen LogP contribution in [0.4, 0.5) is 4.39 Å². The fourth-order valence-corrected chi connectivity index (χ4v) is 2.06. The van der Waals surface area contributed by atoms with Gasteiger partial charge in [-0.15, -0.1) is 24.0 Å². The molecule has 0 heterocycles. The minimum Gasteiger partial charge on any atom is -0.489 e. The number of carbonyl (C=O) groups excluding carboxylic acids is 1. The number of rotatable bonds is 8. The first-order valence-electron chi connectivity index (χ1n) is 8.91. The van der Waals surface area contributed by atoms with Crippen molar-refractivity contribution in [2.24, 2.45) is 10.4 Å². The second-order valence-corrected chi connectivity index (χ2v) is 6.99. The molecule has 0 radical (unpaired) electrons. The Morgan fingerprint density at radius 2 is 1.89 bits per heavy atom. The lowest BCUT2D eigenvalue weighted by Crippen LogP contribution is -2.45. The Hall–Kier alpha value is -1.58. The lowest BCUT2D eigenvalue weighted by atomic mass is 9.96. The molecule has 1 atom stereocenters. The molecule has 1 rings (SSSR count). The van der Waals surface area contributed by atoms with Crippen molar-refractivity contribution in [2.45, 2.75) is 40.2 Å². The number of ether oxygens (including phenoxy) is 1. The van der Waals surface area contributed by atoms with Gasteiger partial charge in [0.25, 0.3) is 0 Å². The summed E-state index contributed by atoms with van der Waals surface area (Å²) in [7, 11) is 1.68. The van der Waals surface area contributed by atoms with E-state index in [1.807, 2.05) is 27.7 Å². The first-order chi connectivity index (χ1) is 12.3. The first-order valence-corrected chi connectivity index (χ1v) is 8.91. The molecule has 154 valence electrons. The van der Waals surface area contributed by atoms with Gasteiger partial charge in [0.1, 0.15) is 17.7 Å². The van der Waals surface area contributed by atoms with Gasteiger partial charge in [0, 0.05) is 31.6 Å². The molecule has 0 aliphatic rings. The van der Waals surface area contributed by atoms with E-state index in [9.17, 15) is 9.18 Å². The van der Waals surface area contributed by atoms with E-state index in [-0.39, 0.29) is 41.8 Å². The third-order valence-corrected chi connectivity index (χ3v) is 3.66. The third kappa shape index (κ3) is 10.4. The summed E-state index contributed by atoms with van der Waals surface area (Å²) in [4.78, 5) is 15.9. The van der Waals surface area contributed by atoms with Gasteiger partial charge in [0.2, 0.25) is 5.91 Å². The highest BCUT2D eigenvalue weighted by Gasteiger charge is 2.20. The van der Waals surface area contributed by atoms with Crippen molar-refractivity contribution in [3.05, 3.63) is 30.1 Å². The third-order valence-electron chi connectivity index (χ3n) is 3.66. The second kappa shape index (κ2) is 12.7. The number of amides is 1. The van der Waals surface area contributed by atoms with Crippen LogP contribution in [0.25, 0.3) is 0 Å². The Labute approximate surface area is 178 Å². The van der Waals surface area contributed by atoms with Crippen LogP contribution in [0.1, 0.15) is 34.1 Å². The van der Waals surface area contributed by atoms with Crippen LogP contribution in [0.5, 0.6) is 5.75 Å². The molecule has 0 bridgehead atoms. The van der Waals surface area contributed by atoms with Crippen LogP contribution in [0.3, 0.4) is 0 Å². The molecule has 0 aliphatic carbocycles. The van der Waals surface area contributed by atoms with Gasteiger partial charge in [-0.05, 0) is 18.6 Å². The van der Waals surface area contributed by atoms with E-state index >= 15 is 0 Å². The molecule has 1 unspecified atom stereocenters. The summed E-state index contributed by atoms with van der Waals surface area (Å²) >= 11 is 0. The number of nitrogens with one attached hydrogen (secondary N) is 3. The second-order valence-electron chi connectivity index (χ2n) is 6.99. The summed E-state index contributed by atoms with van der Waals surface area (Å²) in [5, 5.41) is 9.19. The van der Waals surface area contributed by atoms with Crippen LogP contribution >= 0.6 is 24.0 Å². The summed E-state index contributed by atoms with van der Waals surface area (Å²) in [6, 6.07) is 6.11. The first kappa shape index (κ1) is 25.4. The fourth-order valence-electron chi connectivity index (χ4n) is 2.06. The number of guanidine groups is 1. The predicted octanol–water partition coefficient (Wildman–Crippen LogP) is 2.93. The molecule has 6 nitrogen and oxygen atoms in total. The van der Waals surface area contributed by atoms with Crippen molar-refractivity contribution in [1.29, 1.82) is 0 Å². The summed E-state index contributed by atoms with van der Waals surface area (Å²) in [6.07, 6.45) is 0.651. The Balaban J connectivity index is 0.00000676. The minimum absolute atomic E-state index is 0. The maximum Gasteiger partial charge on any atom is 0.225 e. The van der Waals surface area contributed by atoms with Gasteiger partial charge in [0.05, 0.1) is 6.54 Å². The van der Waals surface area contributed by atoms with Crippen molar-refractivity contribution >= 4 is 35.8 Å². The molecule has 27 heavy (non-hydrogen) atoms. The zero-order valence-electron chi connectivity index (χ0n) is 16.8. The summed E-state index contributed by atoms with van der Waals surface area (Å²) < 4.78 is 19.0. The molecule has 0 fully saturated rings. The van der Waals surface area contributed by atoms with Crippen molar-refractivity contribution in [2.75, 3.05) is 26.7 Å². The highest BCUT2D eigenvalue weighted by Crippen LogP contribution is 2.14. The molecular formula is C19H32FIN4O2. The molecule has 1 aromatic rings. The quantitative estimate of drug-likeness (QED) is 0.225. The fraction of sp³-hybridized carbons (Fsp3) is 0.579. The average Bonchev–Trinajstić information content (AvgIpc) is 2.58. The Morgan fingerprint density at radius 1 is 1.22 bits per heavy atom. The molecule has 0 aliphatic heterocycles. The lowest BCUT2D eigenvalue weighted by molar-refractivity contribution is -0.128. The average molecular weight is 494 g/mol. The molecule has 0 aromatic heterocycles. The SMILES string of the molecule is CCC(CNC(=NC)NCCNC(=O)C(C)(C)C)Oc1cccc(F)c1.I. The Morgan fingerprint density at radius 3 is 2.44 bits per heavy atom. The zero-order valence-corrected chi connectivity index (χ0v) is 19.1. The Bertz CT molecular complexity index is 606. The summed E-state index contributed by atoms with van der Waals surface area (Å²) in [5.74, 6) is 0.819. The van der Waals surface area contributed by atoms with E-state index in [0.717, 1.165) is 6.42 Å². The molecule has 0 saturated carbocycles. The Kier molecular flexibility index (Phi) is 12.0. The number of hydrogen-bond acceptors (Lipinski definition) is 3.